The smallest absolute Gasteiger partial charge is 0.244 e. The van der Waals surface area contributed by atoms with Crippen LogP contribution in [0.5, 0.6) is 0 Å². The van der Waals surface area contributed by atoms with Crippen molar-refractivity contribution >= 4 is 22.4 Å². The number of hydrogen-bond donors (Lipinski definition) is 1. The number of carbonyl (C=O) groups excluding carboxylic acids is 1. The summed E-state index contributed by atoms with van der Waals surface area (Å²) in [6.45, 7) is 3.69. The second-order valence-corrected chi connectivity index (χ2v) is 4.41. The number of fused-ring (bicyclic) bond motifs is 1. The van der Waals surface area contributed by atoms with Crippen LogP contribution in [0.4, 0.5) is 0 Å². The number of amides is 1. The lowest BCUT2D eigenvalue weighted by Crippen LogP contribution is -2.20. The Balaban J connectivity index is 2.22. The number of carbonyl (C=O) groups is 1. The third-order valence-corrected chi connectivity index (χ3v) is 2.64. The molecule has 3 nitrogen and oxygen atoms in total. The molecule has 0 aromatic heterocycles. The Morgan fingerprint density at radius 1 is 1.11 bits per heavy atom. The Labute approximate surface area is 107 Å². The van der Waals surface area contributed by atoms with Crippen LogP contribution in [-0.4, -0.2) is 11.6 Å². The molecule has 1 N–H and O–H groups in total. The predicted molar refractivity (Wildman–Crippen MR) is 74.6 cm³/mol. The highest BCUT2D eigenvalue weighted by molar-refractivity contribution is 5.90. The van der Waals surface area contributed by atoms with Gasteiger partial charge in [0.15, 0.2) is 0 Å². The first kappa shape index (κ1) is 12.3. The molecule has 0 radical (unpaired) electrons. The molecule has 92 valence electrons. The van der Waals surface area contributed by atoms with Gasteiger partial charge < -0.3 is 0 Å². The zero-order chi connectivity index (χ0) is 13.0. The summed E-state index contributed by atoms with van der Waals surface area (Å²) >= 11 is 0. The van der Waals surface area contributed by atoms with Gasteiger partial charge in [0.2, 0.25) is 5.91 Å². The van der Waals surface area contributed by atoms with Gasteiger partial charge >= 0.3 is 0 Å². The van der Waals surface area contributed by atoms with Gasteiger partial charge in [0.1, 0.15) is 0 Å². The summed E-state index contributed by atoms with van der Waals surface area (Å²) in [4.78, 5) is 11.7. The fourth-order valence-electron chi connectivity index (χ4n) is 1.83. The fraction of sp³-hybridized carbons (Fsp3) is 0.200. The molecule has 2 aromatic carbocycles. The maximum absolute atomic E-state index is 11.7. The zero-order valence-electron chi connectivity index (χ0n) is 10.6. The molecule has 1 amide bonds. The SMILES string of the molecule is CC(C)=NNC(=O)Cc1cccc2ccccc12. The first-order chi connectivity index (χ1) is 8.66. The second-order valence-electron chi connectivity index (χ2n) is 4.41. The average molecular weight is 240 g/mol. The summed E-state index contributed by atoms with van der Waals surface area (Å²) in [5.74, 6) is -0.0902. The van der Waals surface area contributed by atoms with Gasteiger partial charge in [-0.15, -0.1) is 0 Å². The van der Waals surface area contributed by atoms with Crippen molar-refractivity contribution in [1.82, 2.24) is 5.43 Å². The molecular formula is C15H16N2O. The third-order valence-electron chi connectivity index (χ3n) is 2.64. The van der Waals surface area contributed by atoms with E-state index < -0.39 is 0 Å². The van der Waals surface area contributed by atoms with Gasteiger partial charge in [-0.3, -0.25) is 4.79 Å². The van der Waals surface area contributed by atoms with Crippen molar-refractivity contribution in [2.75, 3.05) is 0 Å². The maximum Gasteiger partial charge on any atom is 0.244 e. The van der Waals surface area contributed by atoms with Crippen LogP contribution in [0.3, 0.4) is 0 Å². The third kappa shape index (κ3) is 2.94. The lowest BCUT2D eigenvalue weighted by atomic mass is 10.0. The van der Waals surface area contributed by atoms with Crippen LogP contribution >= 0.6 is 0 Å². The highest BCUT2D eigenvalue weighted by Gasteiger charge is 2.05. The summed E-state index contributed by atoms with van der Waals surface area (Å²) < 4.78 is 0. The van der Waals surface area contributed by atoms with Gasteiger partial charge in [0.05, 0.1) is 6.42 Å². The first-order valence-corrected chi connectivity index (χ1v) is 5.93. The van der Waals surface area contributed by atoms with Gasteiger partial charge in [-0.25, -0.2) is 5.43 Å². The molecule has 18 heavy (non-hydrogen) atoms. The van der Waals surface area contributed by atoms with Crippen LogP contribution in [0.1, 0.15) is 19.4 Å². The molecule has 0 aliphatic heterocycles. The molecule has 2 rings (SSSR count). The van der Waals surface area contributed by atoms with Crippen LogP contribution in [0.2, 0.25) is 0 Å². The number of nitrogens with zero attached hydrogens (tertiary/aromatic N) is 1. The molecule has 0 aliphatic carbocycles. The lowest BCUT2D eigenvalue weighted by Gasteiger charge is -2.05. The molecular weight excluding hydrogens is 224 g/mol. The summed E-state index contributed by atoms with van der Waals surface area (Å²) in [5, 5.41) is 6.19. The lowest BCUT2D eigenvalue weighted by molar-refractivity contribution is -0.120. The summed E-state index contributed by atoms with van der Waals surface area (Å²) in [6.07, 6.45) is 0.345. The monoisotopic (exact) mass is 240 g/mol. The van der Waals surface area contributed by atoms with Crippen molar-refractivity contribution in [1.29, 1.82) is 0 Å². The number of benzene rings is 2. The zero-order valence-corrected chi connectivity index (χ0v) is 10.6. The van der Waals surface area contributed by atoms with Gasteiger partial charge in [-0.2, -0.15) is 5.10 Å². The molecule has 0 fully saturated rings. The minimum Gasteiger partial charge on any atom is -0.273 e. The number of rotatable bonds is 3. The normalized spacial score (nSPS) is 10.1. The Morgan fingerprint density at radius 3 is 2.61 bits per heavy atom. The van der Waals surface area contributed by atoms with Crippen LogP contribution in [0.25, 0.3) is 10.8 Å². The summed E-state index contributed by atoms with van der Waals surface area (Å²) in [7, 11) is 0. The first-order valence-electron chi connectivity index (χ1n) is 5.93. The molecule has 0 atom stereocenters. The molecule has 3 heteroatoms. The topological polar surface area (TPSA) is 41.5 Å². The van der Waals surface area contributed by atoms with Crippen molar-refractivity contribution in [3.05, 3.63) is 48.0 Å². The number of hydrazone groups is 1. The molecule has 0 bridgehead atoms. The van der Waals surface area contributed by atoms with Crippen LogP contribution < -0.4 is 5.43 Å². The highest BCUT2D eigenvalue weighted by Crippen LogP contribution is 2.18. The van der Waals surface area contributed by atoms with E-state index >= 15 is 0 Å². The van der Waals surface area contributed by atoms with Crippen molar-refractivity contribution in [3.63, 3.8) is 0 Å². The Morgan fingerprint density at radius 2 is 1.83 bits per heavy atom. The van der Waals surface area contributed by atoms with Crippen molar-refractivity contribution in [3.8, 4) is 0 Å². The van der Waals surface area contributed by atoms with Crippen LogP contribution in [0, 0.1) is 0 Å². The largest absolute Gasteiger partial charge is 0.273 e. The van der Waals surface area contributed by atoms with Gasteiger partial charge in [0.25, 0.3) is 0 Å². The summed E-state index contributed by atoms with van der Waals surface area (Å²) in [5.41, 5.74) is 4.40. The highest BCUT2D eigenvalue weighted by atomic mass is 16.2. The Kier molecular flexibility index (Phi) is 3.72. The standard InChI is InChI=1S/C15H16N2O/c1-11(2)16-17-15(18)10-13-8-5-7-12-6-3-4-9-14(12)13/h3-9H,10H2,1-2H3,(H,17,18). The molecule has 0 saturated carbocycles. The predicted octanol–water partition coefficient (Wildman–Crippen LogP) is 2.89. The average Bonchev–Trinajstić information content (AvgIpc) is 2.37. The van der Waals surface area contributed by atoms with E-state index in [0.29, 0.717) is 6.42 Å². The van der Waals surface area contributed by atoms with Gasteiger partial charge in [0, 0.05) is 5.71 Å². The van der Waals surface area contributed by atoms with Crippen molar-refractivity contribution in [2.24, 2.45) is 5.10 Å². The van der Waals surface area contributed by atoms with E-state index in [0.717, 1.165) is 22.0 Å². The van der Waals surface area contributed by atoms with E-state index in [9.17, 15) is 4.79 Å². The van der Waals surface area contributed by atoms with E-state index in [2.05, 4.69) is 10.5 Å². The van der Waals surface area contributed by atoms with E-state index in [1.807, 2.05) is 56.3 Å². The minimum atomic E-state index is -0.0902. The van der Waals surface area contributed by atoms with E-state index in [-0.39, 0.29) is 5.91 Å². The van der Waals surface area contributed by atoms with Gasteiger partial charge in [-0.1, -0.05) is 42.5 Å². The maximum atomic E-state index is 11.7. The quantitative estimate of drug-likeness (QED) is 0.650. The molecule has 2 aromatic rings. The molecule has 0 spiro atoms. The molecule has 0 unspecified atom stereocenters. The number of hydrogen-bond acceptors (Lipinski definition) is 2. The van der Waals surface area contributed by atoms with Crippen LogP contribution in [0.15, 0.2) is 47.6 Å². The second kappa shape index (κ2) is 5.45. The van der Waals surface area contributed by atoms with Crippen LogP contribution in [-0.2, 0) is 11.2 Å². The Hall–Kier alpha value is -2.16. The van der Waals surface area contributed by atoms with E-state index in [1.165, 1.54) is 0 Å². The van der Waals surface area contributed by atoms with Gasteiger partial charge in [-0.05, 0) is 30.2 Å². The molecule has 0 heterocycles. The molecule has 0 saturated heterocycles. The summed E-state index contributed by atoms with van der Waals surface area (Å²) in [6, 6.07) is 14.1. The fourth-order valence-corrected chi connectivity index (χ4v) is 1.83. The van der Waals surface area contributed by atoms with Crippen molar-refractivity contribution < 1.29 is 4.79 Å². The minimum absolute atomic E-state index is 0.0902. The van der Waals surface area contributed by atoms with E-state index in [1.54, 1.807) is 0 Å². The number of nitrogens with one attached hydrogen (secondary N) is 1. The van der Waals surface area contributed by atoms with Crippen molar-refractivity contribution in [2.45, 2.75) is 20.3 Å². The molecule has 0 aliphatic rings. The Bertz CT molecular complexity index is 593. The van der Waals surface area contributed by atoms with E-state index in [4.69, 9.17) is 0 Å².